The highest BCUT2D eigenvalue weighted by Crippen LogP contribution is 2.30. The van der Waals surface area contributed by atoms with Gasteiger partial charge in [0, 0.05) is 24.2 Å². The predicted molar refractivity (Wildman–Crippen MR) is 95.9 cm³/mol. The largest absolute Gasteiger partial charge is 0.292 e. The van der Waals surface area contributed by atoms with Crippen molar-refractivity contribution in [1.82, 2.24) is 9.88 Å². The molecule has 4 nitrogen and oxygen atoms in total. The van der Waals surface area contributed by atoms with Gasteiger partial charge in [-0.25, -0.2) is 4.98 Å². The first-order chi connectivity index (χ1) is 11.2. The lowest BCUT2D eigenvalue weighted by atomic mass is 9.93. The molecule has 1 aliphatic heterocycles. The molecule has 1 aromatic rings. The van der Waals surface area contributed by atoms with E-state index in [0.717, 1.165) is 31.1 Å². The molecular formula is C18H29N3OS. The molecular weight excluding hydrogens is 306 g/mol. The Kier molecular flexibility index (Phi) is 5.70. The molecule has 2 atom stereocenters. The van der Waals surface area contributed by atoms with Crippen LogP contribution in [0.5, 0.6) is 0 Å². The summed E-state index contributed by atoms with van der Waals surface area (Å²) >= 11 is 1.59. The minimum atomic E-state index is -0.0384. The molecule has 1 saturated heterocycles. The van der Waals surface area contributed by atoms with Gasteiger partial charge in [0.25, 0.3) is 0 Å². The van der Waals surface area contributed by atoms with Crippen molar-refractivity contribution in [2.24, 2.45) is 5.92 Å². The topological polar surface area (TPSA) is 36.4 Å². The van der Waals surface area contributed by atoms with Crippen molar-refractivity contribution < 1.29 is 4.79 Å². The van der Waals surface area contributed by atoms with E-state index in [2.05, 4.69) is 23.7 Å². The van der Waals surface area contributed by atoms with E-state index < -0.39 is 0 Å². The van der Waals surface area contributed by atoms with Gasteiger partial charge in [-0.1, -0.05) is 26.2 Å². The van der Waals surface area contributed by atoms with Crippen molar-refractivity contribution in [2.45, 2.75) is 70.9 Å². The first kappa shape index (κ1) is 16.9. The van der Waals surface area contributed by atoms with Crippen LogP contribution in [0.15, 0.2) is 11.6 Å². The summed E-state index contributed by atoms with van der Waals surface area (Å²) in [6.45, 7) is 6.48. The average molecular weight is 336 g/mol. The van der Waals surface area contributed by atoms with Crippen molar-refractivity contribution in [3.05, 3.63) is 11.6 Å². The van der Waals surface area contributed by atoms with E-state index in [0.29, 0.717) is 12.0 Å². The van der Waals surface area contributed by atoms with Crippen molar-refractivity contribution in [3.63, 3.8) is 0 Å². The summed E-state index contributed by atoms with van der Waals surface area (Å²) in [4.78, 5) is 22.2. The summed E-state index contributed by atoms with van der Waals surface area (Å²) in [5, 5.41) is 2.87. The van der Waals surface area contributed by atoms with E-state index in [1.54, 1.807) is 11.3 Å². The summed E-state index contributed by atoms with van der Waals surface area (Å²) in [5.74, 6) is 0.947. The maximum absolute atomic E-state index is 13.3. The van der Waals surface area contributed by atoms with Gasteiger partial charge in [0.15, 0.2) is 5.13 Å². The van der Waals surface area contributed by atoms with Crippen LogP contribution in [0, 0.1) is 5.92 Å². The van der Waals surface area contributed by atoms with Crippen molar-refractivity contribution in [2.75, 3.05) is 18.0 Å². The molecule has 1 amide bonds. The number of piperidine rings is 1. The van der Waals surface area contributed by atoms with Crippen molar-refractivity contribution >= 4 is 22.4 Å². The van der Waals surface area contributed by atoms with Gasteiger partial charge in [0.05, 0.1) is 6.04 Å². The number of rotatable bonds is 4. The average Bonchev–Trinajstić information content (AvgIpc) is 3.09. The van der Waals surface area contributed by atoms with E-state index in [9.17, 15) is 4.79 Å². The SMILES string of the molecule is CC1CCCN(C(C)C(=O)N(c2nccs2)C2CCCCC2)C1. The van der Waals surface area contributed by atoms with Crippen LogP contribution in [-0.2, 0) is 4.79 Å². The fourth-order valence-electron chi connectivity index (χ4n) is 4.04. The molecule has 1 aliphatic carbocycles. The Bertz CT molecular complexity index is 498. The summed E-state index contributed by atoms with van der Waals surface area (Å²) in [7, 11) is 0. The minimum Gasteiger partial charge on any atom is -0.292 e. The number of thiazole rings is 1. The number of likely N-dealkylation sites (tertiary alicyclic amines) is 1. The lowest BCUT2D eigenvalue weighted by Crippen LogP contribution is -2.53. The third-order valence-corrected chi connectivity index (χ3v) is 6.17. The van der Waals surface area contributed by atoms with E-state index >= 15 is 0 Å². The van der Waals surface area contributed by atoms with Gasteiger partial charge in [0.2, 0.25) is 5.91 Å². The van der Waals surface area contributed by atoms with Gasteiger partial charge in [-0.15, -0.1) is 11.3 Å². The van der Waals surface area contributed by atoms with Gasteiger partial charge >= 0.3 is 0 Å². The molecule has 0 radical (unpaired) electrons. The third-order valence-electron chi connectivity index (χ3n) is 5.40. The second kappa shape index (κ2) is 7.75. The molecule has 0 bridgehead atoms. The Balaban J connectivity index is 1.76. The van der Waals surface area contributed by atoms with Crippen LogP contribution in [0.3, 0.4) is 0 Å². The standard InChI is InChI=1S/C18H29N3OS/c1-14-7-6-11-20(13-14)15(2)17(22)21(18-19-10-12-23-18)16-8-4-3-5-9-16/h10,12,14-16H,3-9,11,13H2,1-2H3. The quantitative estimate of drug-likeness (QED) is 0.836. The molecule has 0 spiro atoms. The zero-order valence-electron chi connectivity index (χ0n) is 14.4. The Hall–Kier alpha value is -0.940. The van der Waals surface area contributed by atoms with E-state index in [-0.39, 0.29) is 11.9 Å². The number of amides is 1. The Labute approximate surface area is 143 Å². The summed E-state index contributed by atoms with van der Waals surface area (Å²) in [5.41, 5.74) is 0. The minimum absolute atomic E-state index is 0.0384. The number of nitrogens with zero attached hydrogens (tertiary/aromatic N) is 3. The molecule has 1 aromatic heterocycles. The number of hydrogen-bond acceptors (Lipinski definition) is 4. The highest BCUT2D eigenvalue weighted by molar-refractivity contribution is 7.13. The Morgan fingerprint density at radius 3 is 2.74 bits per heavy atom. The molecule has 2 aliphatic rings. The Morgan fingerprint density at radius 1 is 1.30 bits per heavy atom. The third kappa shape index (κ3) is 3.94. The van der Waals surface area contributed by atoms with Gasteiger partial charge in [-0.2, -0.15) is 0 Å². The fraction of sp³-hybridized carbons (Fsp3) is 0.778. The number of aromatic nitrogens is 1. The zero-order chi connectivity index (χ0) is 16.2. The summed E-state index contributed by atoms with van der Waals surface area (Å²) in [6, 6.07) is 0.302. The maximum atomic E-state index is 13.3. The normalized spacial score (nSPS) is 25.2. The molecule has 5 heteroatoms. The molecule has 23 heavy (non-hydrogen) atoms. The molecule has 2 heterocycles. The fourth-order valence-corrected chi connectivity index (χ4v) is 4.76. The Morgan fingerprint density at radius 2 is 2.09 bits per heavy atom. The first-order valence-electron chi connectivity index (χ1n) is 9.13. The van der Waals surface area contributed by atoms with Crippen molar-refractivity contribution in [1.29, 1.82) is 0 Å². The summed E-state index contributed by atoms with van der Waals surface area (Å²) < 4.78 is 0. The number of carbonyl (C=O) groups is 1. The highest BCUT2D eigenvalue weighted by Gasteiger charge is 2.34. The van der Waals surface area contributed by atoms with E-state index in [4.69, 9.17) is 0 Å². The molecule has 128 valence electrons. The van der Waals surface area contributed by atoms with Crippen LogP contribution in [0.4, 0.5) is 5.13 Å². The summed E-state index contributed by atoms with van der Waals surface area (Å²) in [6.07, 6.45) is 10.3. The second-order valence-electron chi connectivity index (χ2n) is 7.23. The second-order valence-corrected chi connectivity index (χ2v) is 8.11. The first-order valence-corrected chi connectivity index (χ1v) is 10.0. The van der Waals surface area contributed by atoms with Crippen LogP contribution in [0.1, 0.15) is 58.8 Å². The van der Waals surface area contributed by atoms with Gasteiger partial charge < -0.3 is 0 Å². The highest BCUT2D eigenvalue weighted by atomic mass is 32.1. The molecule has 3 rings (SSSR count). The lowest BCUT2D eigenvalue weighted by Gasteiger charge is -2.39. The number of anilines is 1. The number of hydrogen-bond donors (Lipinski definition) is 0. The molecule has 1 saturated carbocycles. The zero-order valence-corrected chi connectivity index (χ0v) is 15.2. The van der Waals surface area contributed by atoms with Gasteiger partial charge in [-0.05, 0) is 45.1 Å². The smallest absolute Gasteiger partial charge is 0.246 e. The molecule has 0 aromatic carbocycles. The van der Waals surface area contributed by atoms with Crippen LogP contribution in [0.2, 0.25) is 0 Å². The predicted octanol–water partition coefficient (Wildman–Crippen LogP) is 3.93. The van der Waals surface area contributed by atoms with Crippen LogP contribution >= 0.6 is 11.3 Å². The maximum Gasteiger partial charge on any atom is 0.246 e. The van der Waals surface area contributed by atoms with Crippen LogP contribution in [0.25, 0.3) is 0 Å². The monoisotopic (exact) mass is 335 g/mol. The lowest BCUT2D eigenvalue weighted by molar-refractivity contribution is -0.124. The van der Waals surface area contributed by atoms with Crippen LogP contribution < -0.4 is 4.90 Å². The molecule has 2 unspecified atom stereocenters. The van der Waals surface area contributed by atoms with E-state index in [1.165, 1.54) is 32.1 Å². The van der Waals surface area contributed by atoms with Crippen LogP contribution in [-0.4, -0.2) is 41.0 Å². The molecule has 0 N–H and O–H groups in total. The van der Waals surface area contributed by atoms with Crippen molar-refractivity contribution in [3.8, 4) is 0 Å². The number of carbonyl (C=O) groups excluding carboxylic acids is 1. The van der Waals surface area contributed by atoms with E-state index in [1.807, 2.05) is 16.5 Å². The van der Waals surface area contributed by atoms with Gasteiger partial charge in [0.1, 0.15) is 0 Å². The van der Waals surface area contributed by atoms with Gasteiger partial charge in [-0.3, -0.25) is 14.6 Å². The molecule has 2 fully saturated rings.